The number of nitrogens with one attached hydrogen (secondary N) is 3. The van der Waals surface area contributed by atoms with Crippen molar-refractivity contribution in [3.8, 4) is 23.0 Å². The number of aliphatic imine (C=N–C) groups is 1. The second-order valence-electron chi connectivity index (χ2n) is 23.0. The van der Waals surface area contributed by atoms with E-state index in [2.05, 4.69) is 22.0 Å². The van der Waals surface area contributed by atoms with Crippen molar-refractivity contribution in [3.63, 3.8) is 0 Å². The van der Waals surface area contributed by atoms with Gasteiger partial charge in [0, 0.05) is 75.1 Å². The van der Waals surface area contributed by atoms with Crippen molar-refractivity contribution in [2.45, 2.75) is 122 Å². The van der Waals surface area contributed by atoms with Crippen molar-refractivity contribution in [1.82, 2.24) is 25.3 Å². The van der Waals surface area contributed by atoms with Crippen LogP contribution in [-0.4, -0.2) is 137 Å². The molecule has 0 radical (unpaired) electrons. The highest BCUT2D eigenvalue weighted by atomic mass is 16.6. The third kappa shape index (κ3) is 13.1. The fourth-order valence-electron chi connectivity index (χ4n) is 11.6. The zero-order valence-corrected chi connectivity index (χ0v) is 50.0. The zero-order chi connectivity index (χ0) is 62.4. The standard InChI is InChI=1S/C66H72N8O14/c1-39(2)59(70-56(75)19-8-7-13-26-71-57(76)24-25-58(71)77)61(79)68-40(3)60(78)69-46-22-20-41(21-23-46)38-88-65(83)74-51-33-55(53(85-6)31-49(51)63(81)73-37-45-18-12-10-16-43(45)34-66(73,4)64(74)82)87-28-14-27-86-54-32-50-48(30-52(54)84-5)62(80)72-36-44-17-11-9-15-42(44)29-47(72)35-67-50/h9-12,15-18,20-25,30-33,35,39-40,47,59,64,82H,7-8,13-14,19,26-29,34,36-38H2,1-6H3,(H,68,79)(H,69,78)(H,70,75)/t40-,47-,59-,64?,66-/m0/s1. The Bertz CT molecular complexity index is 3590. The summed E-state index contributed by atoms with van der Waals surface area (Å²) in [5.74, 6) is -1.92. The highest BCUT2D eigenvalue weighted by Crippen LogP contribution is 2.46. The highest BCUT2D eigenvalue weighted by Gasteiger charge is 2.53. The van der Waals surface area contributed by atoms with Gasteiger partial charge in [-0.3, -0.25) is 43.5 Å². The second kappa shape index (κ2) is 26.6. The lowest BCUT2D eigenvalue weighted by Crippen LogP contribution is -2.64. The Morgan fingerprint density at radius 2 is 1.34 bits per heavy atom. The number of imide groups is 1. The summed E-state index contributed by atoms with van der Waals surface area (Å²) in [6.07, 6.45) is 4.62. The van der Waals surface area contributed by atoms with E-state index in [0.29, 0.717) is 72.6 Å². The SMILES string of the molecule is COc1cc2c(cc1OCCCOc1cc3c(cc1OC)C(=O)N1Cc4ccccc4C[C@@]1(C)C(O)N3C(=O)OCc1ccc(NC(=O)[C@H](C)NC(=O)[C@@H](NC(=O)CCCCCN3C(=O)C=CC3=O)C(C)C)cc1)N=C[C@@H]1Cc3ccccc3CN1C2=O. The molecular weight excluding hydrogens is 1130 g/mol. The quantitative estimate of drug-likeness (QED) is 0.0391. The summed E-state index contributed by atoms with van der Waals surface area (Å²) in [6.45, 7) is 7.63. The van der Waals surface area contributed by atoms with Crippen molar-refractivity contribution in [2.75, 3.05) is 44.2 Å². The predicted molar refractivity (Wildman–Crippen MR) is 324 cm³/mol. The van der Waals surface area contributed by atoms with Gasteiger partial charge in [0.25, 0.3) is 23.6 Å². The fourth-order valence-corrected chi connectivity index (χ4v) is 11.6. The highest BCUT2D eigenvalue weighted by molar-refractivity contribution is 6.13. The number of hydrogen-bond acceptors (Lipinski definition) is 15. The molecule has 5 aliphatic rings. The summed E-state index contributed by atoms with van der Waals surface area (Å²) in [6, 6.07) is 26.4. The number of nitrogens with zero attached hydrogens (tertiary/aromatic N) is 5. The van der Waals surface area contributed by atoms with Crippen LogP contribution in [0.4, 0.5) is 21.9 Å². The number of hydrogen-bond donors (Lipinski definition) is 4. The van der Waals surface area contributed by atoms with Crippen LogP contribution in [0.1, 0.15) is 108 Å². The molecule has 0 spiro atoms. The zero-order valence-electron chi connectivity index (χ0n) is 50.0. The van der Waals surface area contributed by atoms with Gasteiger partial charge in [0.15, 0.2) is 29.2 Å². The van der Waals surface area contributed by atoms with Gasteiger partial charge >= 0.3 is 6.09 Å². The van der Waals surface area contributed by atoms with E-state index in [1.165, 1.54) is 51.0 Å². The third-order valence-electron chi connectivity index (χ3n) is 16.7. The molecule has 0 bridgehead atoms. The van der Waals surface area contributed by atoms with Crippen molar-refractivity contribution < 1.29 is 67.1 Å². The number of amides is 8. The minimum absolute atomic E-state index is 0.0262. The molecule has 460 valence electrons. The molecule has 0 fully saturated rings. The van der Waals surface area contributed by atoms with Crippen LogP contribution in [0.25, 0.3) is 0 Å². The number of aliphatic hydroxyl groups is 1. The van der Waals surface area contributed by atoms with Gasteiger partial charge < -0.3 is 54.5 Å². The molecule has 0 aliphatic carbocycles. The number of benzene rings is 5. The van der Waals surface area contributed by atoms with Crippen LogP contribution < -0.4 is 39.8 Å². The molecule has 4 N–H and O–H groups in total. The smallest absolute Gasteiger partial charge is 0.416 e. The molecule has 22 heteroatoms. The number of anilines is 2. The Kier molecular flexibility index (Phi) is 18.6. The molecule has 5 aromatic rings. The van der Waals surface area contributed by atoms with Crippen LogP contribution in [-0.2, 0) is 61.2 Å². The van der Waals surface area contributed by atoms with Gasteiger partial charge in [0.2, 0.25) is 17.7 Å². The summed E-state index contributed by atoms with van der Waals surface area (Å²) in [4.78, 5) is 117. The minimum atomic E-state index is -1.63. The van der Waals surface area contributed by atoms with Crippen molar-refractivity contribution >= 4 is 70.7 Å². The van der Waals surface area contributed by atoms with Gasteiger partial charge in [-0.25, -0.2) is 9.69 Å². The molecule has 22 nitrogen and oxygen atoms in total. The number of fused-ring (bicyclic) bond motifs is 6. The Morgan fingerprint density at radius 1 is 0.705 bits per heavy atom. The van der Waals surface area contributed by atoms with E-state index in [1.807, 2.05) is 53.6 Å². The van der Waals surface area contributed by atoms with Crippen LogP contribution in [0.2, 0.25) is 0 Å². The maximum atomic E-state index is 14.9. The predicted octanol–water partition coefficient (Wildman–Crippen LogP) is 7.34. The lowest BCUT2D eigenvalue weighted by Gasteiger charge is -2.48. The summed E-state index contributed by atoms with van der Waals surface area (Å²) < 4.78 is 30.0. The largest absolute Gasteiger partial charge is 0.493 e. The van der Waals surface area contributed by atoms with Gasteiger partial charge in [-0.2, -0.15) is 0 Å². The number of unbranched alkanes of at least 4 members (excludes halogenated alkanes) is 2. The normalized spacial score (nSPS) is 18.8. The third-order valence-corrected chi connectivity index (χ3v) is 16.7. The van der Waals surface area contributed by atoms with Crippen LogP contribution in [0.5, 0.6) is 23.0 Å². The number of methoxy groups -OCH3 is 2. The first-order valence-corrected chi connectivity index (χ1v) is 29.5. The molecule has 0 saturated carbocycles. The summed E-state index contributed by atoms with van der Waals surface area (Å²) in [7, 11) is 2.94. The molecular formula is C66H72N8O14. The summed E-state index contributed by atoms with van der Waals surface area (Å²) in [5.41, 5.74) is 4.60. The molecule has 5 atom stereocenters. The first-order valence-electron chi connectivity index (χ1n) is 29.5. The lowest BCUT2D eigenvalue weighted by atomic mass is 9.82. The molecule has 1 unspecified atom stereocenters. The van der Waals surface area contributed by atoms with Crippen molar-refractivity contribution in [2.24, 2.45) is 10.9 Å². The summed E-state index contributed by atoms with van der Waals surface area (Å²) in [5, 5.41) is 20.8. The molecule has 0 aromatic heterocycles. The number of ether oxygens (including phenoxy) is 5. The van der Waals surface area contributed by atoms with Gasteiger partial charge in [0.1, 0.15) is 18.7 Å². The van der Waals surface area contributed by atoms with E-state index in [9.17, 15) is 43.5 Å². The van der Waals surface area contributed by atoms with Gasteiger partial charge in [0.05, 0.1) is 61.5 Å². The fraction of sp³-hybridized carbons (Fsp3) is 0.379. The van der Waals surface area contributed by atoms with Gasteiger partial charge in [-0.05, 0) is 91.1 Å². The molecule has 5 heterocycles. The number of rotatable bonds is 22. The monoisotopic (exact) mass is 1200 g/mol. The maximum absolute atomic E-state index is 14.9. The lowest BCUT2D eigenvalue weighted by molar-refractivity contribution is -0.137. The Morgan fingerprint density at radius 3 is 2.01 bits per heavy atom. The summed E-state index contributed by atoms with van der Waals surface area (Å²) >= 11 is 0. The van der Waals surface area contributed by atoms with E-state index in [0.717, 1.165) is 26.5 Å². The molecule has 88 heavy (non-hydrogen) atoms. The first kappa shape index (κ1) is 61.5. The maximum Gasteiger partial charge on any atom is 0.416 e. The van der Waals surface area contributed by atoms with Crippen LogP contribution >= 0.6 is 0 Å². The van der Waals surface area contributed by atoms with E-state index >= 15 is 0 Å². The molecule has 10 rings (SSSR count). The number of carbonyl (C=O) groups excluding carboxylic acids is 8. The number of carbonyl (C=O) groups is 8. The molecule has 5 aromatic carbocycles. The van der Waals surface area contributed by atoms with Crippen molar-refractivity contribution in [1.29, 1.82) is 0 Å². The minimum Gasteiger partial charge on any atom is -0.493 e. The average Bonchev–Trinajstić information content (AvgIpc) is 1.57. The number of aliphatic hydroxyl groups excluding tert-OH is 1. The van der Waals surface area contributed by atoms with Crippen molar-refractivity contribution in [3.05, 3.63) is 148 Å². The van der Waals surface area contributed by atoms with Crippen LogP contribution in [0, 0.1) is 5.92 Å². The van der Waals surface area contributed by atoms with Gasteiger partial charge in [-0.15, -0.1) is 0 Å². The Balaban J connectivity index is 0.774. The van der Waals surface area contributed by atoms with Crippen LogP contribution in [0.15, 0.2) is 114 Å². The van der Waals surface area contributed by atoms with Gasteiger partial charge in [-0.1, -0.05) is 80.9 Å². The Hall–Kier alpha value is -9.57. The Labute approximate surface area is 509 Å². The van der Waals surface area contributed by atoms with Crippen LogP contribution in [0.3, 0.4) is 0 Å². The van der Waals surface area contributed by atoms with E-state index in [4.69, 9.17) is 28.7 Å². The topological polar surface area (TPSA) is 264 Å². The molecule has 5 aliphatic heterocycles. The van der Waals surface area contributed by atoms with E-state index < -0.39 is 47.7 Å². The molecule has 0 saturated heterocycles. The second-order valence-corrected chi connectivity index (χ2v) is 23.0. The van der Waals surface area contributed by atoms with E-state index in [-0.39, 0.29) is 104 Å². The average molecular weight is 1200 g/mol. The van der Waals surface area contributed by atoms with E-state index in [1.54, 1.807) is 62.1 Å². The molecule has 8 amide bonds. The first-order chi connectivity index (χ1) is 42.3.